The van der Waals surface area contributed by atoms with E-state index in [-0.39, 0.29) is 6.61 Å². The Kier molecular flexibility index (Phi) is 2.23. The topological polar surface area (TPSA) is 32.6 Å². The average Bonchev–Trinajstić information content (AvgIpc) is 2.67. The van der Waals surface area contributed by atoms with E-state index in [9.17, 15) is 0 Å². The van der Waals surface area contributed by atoms with Gasteiger partial charge in [0.05, 0.1) is 12.3 Å². The Bertz CT molecular complexity index is 352. The molecule has 0 radical (unpaired) electrons. The van der Waals surface area contributed by atoms with Crippen molar-refractivity contribution in [3.8, 4) is 0 Å². The fourth-order valence-corrected chi connectivity index (χ4v) is 1.37. The first kappa shape index (κ1) is 8.20. The summed E-state index contributed by atoms with van der Waals surface area (Å²) in [5, 5.41) is 8.87. The molecule has 1 N–H and O–H groups in total. The molecule has 0 saturated carbocycles. The van der Waals surface area contributed by atoms with E-state index in [1.54, 1.807) is 0 Å². The van der Waals surface area contributed by atoms with Gasteiger partial charge in [0.2, 0.25) is 0 Å². The van der Waals surface area contributed by atoms with E-state index in [2.05, 4.69) is 4.99 Å². The molecule has 0 amide bonds. The Morgan fingerprint density at radius 2 is 2.00 bits per heavy atom. The van der Waals surface area contributed by atoms with Crippen molar-refractivity contribution in [2.24, 2.45) is 4.99 Å². The van der Waals surface area contributed by atoms with Gasteiger partial charge in [0.25, 0.3) is 0 Å². The lowest BCUT2D eigenvalue weighted by molar-refractivity contribution is 0.356. The normalized spacial score (nSPS) is 15.5. The van der Waals surface area contributed by atoms with E-state index < -0.39 is 0 Å². The molecule has 1 aliphatic heterocycles. The van der Waals surface area contributed by atoms with E-state index in [4.69, 9.17) is 5.11 Å². The van der Waals surface area contributed by atoms with Crippen molar-refractivity contribution in [1.29, 1.82) is 0 Å². The Morgan fingerprint density at radius 3 is 2.62 bits per heavy atom. The summed E-state index contributed by atoms with van der Waals surface area (Å²) in [6.45, 7) is 0.0623. The predicted molar refractivity (Wildman–Crippen MR) is 53.6 cm³/mol. The number of aliphatic imine (C=N–C) groups is 1. The minimum atomic E-state index is 0.0623. The molecule has 2 nitrogen and oxygen atoms in total. The van der Waals surface area contributed by atoms with Gasteiger partial charge in [-0.2, -0.15) is 0 Å². The number of nitrogens with zero attached hydrogens (tertiary/aromatic N) is 1. The molecule has 0 spiro atoms. The summed E-state index contributed by atoms with van der Waals surface area (Å²) in [5.41, 5.74) is 2.94. The third kappa shape index (κ3) is 1.68. The Labute approximate surface area is 77.3 Å². The molecular weight excluding hydrogens is 162 g/mol. The number of rotatable bonds is 2. The smallest absolute Gasteiger partial charge is 0.0817 e. The van der Waals surface area contributed by atoms with Crippen LogP contribution < -0.4 is 0 Å². The zero-order valence-corrected chi connectivity index (χ0v) is 7.27. The van der Waals surface area contributed by atoms with E-state index >= 15 is 0 Å². The fourth-order valence-electron chi connectivity index (χ4n) is 1.37. The molecule has 1 aromatic carbocycles. The third-order valence-corrected chi connectivity index (χ3v) is 2.06. The van der Waals surface area contributed by atoms with Gasteiger partial charge in [-0.3, -0.25) is 4.99 Å². The summed E-state index contributed by atoms with van der Waals surface area (Å²) in [6.07, 6.45) is 2.82. The second-order valence-corrected chi connectivity index (χ2v) is 3.00. The van der Waals surface area contributed by atoms with E-state index in [0.717, 1.165) is 23.4 Å². The van der Waals surface area contributed by atoms with Gasteiger partial charge in [0.1, 0.15) is 0 Å². The highest BCUT2D eigenvalue weighted by Crippen LogP contribution is 2.21. The fraction of sp³-hybridized carbons (Fsp3) is 0.182. The van der Waals surface area contributed by atoms with Crippen LogP contribution in [-0.2, 0) is 0 Å². The molecule has 1 aromatic rings. The molecule has 2 heteroatoms. The van der Waals surface area contributed by atoms with Crippen molar-refractivity contribution in [1.82, 2.24) is 0 Å². The first-order valence-corrected chi connectivity index (χ1v) is 4.33. The van der Waals surface area contributed by atoms with Crippen LogP contribution in [0.4, 0.5) is 0 Å². The summed E-state index contributed by atoms with van der Waals surface area (Å²) in [6, 6.07) is 10.0. The van der Waals surface area contributed by atoms with Crippen LogP contribution in [-0.4, -0.2) is 17.4 Å². The molecule has 13 heavy (non-hydrogen) atoms. The van der Waals surface area contributed by atoms with Crippen molar-refractivity contribution in [3.63, 3.8) is 0 Å². The van der Waals surface area contributed by atoms with E-state index in [1.807, 2.05) is 36.4 Å². The van der Waals surface area contributed by atoms with E-state index in [0.29, 0.717) is 0 Å². The number of hydrogen-bond donors (Lipinski definition) is 1. The lowest BCUT2D eigenvalue weighted by atomic mass is 10.1. The monoisotopic (exact) mass is 173 g/mol. The van der Waals surface area contributed by atoms with Gasteiger partial charge in [-0.1, -0.05) is 36.4 Å². The molecule has 0 atom stereocenters. The van der Waals surface area contributed by atoms with Crippen molar-refractivity contribution in [2.75, 3.05) is 6.61 Å². The van der Waals surface area contributed by atoms with Gasteiger partial charge < -0.3 is 5.11 Å². The minimum Gasteiger partial charge on any atom is -0.390 e. The molecule has 0 aromatic heterocycles. The first-order valence-electron chi connectivity index (χ1n) is 4.33. The van der Waals surface area contributed by atoms with Crippen molar-refractivity contribution < 1.29 is 5.11 Å². The van der Waals surface area contributed by atoms with Gasteiger partial charge in [-0.05, 0) is 5.56 Å². The summed E-state index contributed by atoms with van der Waals surface area (Å²) in [4.78, 5) is 4.30. The maximum absolute atomic E-state index is 8.87. The van der Waals surface area contributed by atoms with Crippen molar-refractivity contribution in [3.05, 3.63) is 42.0 Å². The second-order valence-electron chi connectivity index (χ2n) is 3.00. The third-order valence-electron chi connectivity index (χ3n) is 2.06. The lowest BCUT2D eigenvalue weighted by Gasteiger charge is -1.96. The number of hydrogen-bond acceptors (Lipinski definition) is 2. The summed E-state index contributed by atoms with van der Waals surface area (Å²) < 4.78 is 0. The van der Waals surface area contributed by atoms with Crippen LogP contribution >= 0.6 is 0 Å². The maximum atomic E-state index is 8.87. The highest BCUT2D eigenvalue weighted by atomic mass is 16.3. The quantitative estimate of drug-likeness (QED) is 0.727. The maximum Gasteiger partial charge on any atom is 0.0817 e. The molecule has 0 fully saturated rings. The molecule has 66 valence electrons. The van der Waals surface area contributed by atoms with Crippen molar-refractivity contribution >= 4 is 11.4 Å². The number of aliphatic hydroxyl groups is 1. The number of allylic oxidation sites excluding steroid dienone is 1. The highest BCUT2D eigenvalue weighted by molar-refractivity contribution is 5.96. The van der Waals surface area contributed by atoms with Gasteiger partial charge in [0.15, 0.2) is 0 Å². The van der Waals surface area contributed by atoms with Gasteiger partial charge in [0, 0.05) is 12.1 Å². The van der Waals surface area contributed by atoms with Crippen LogP contribution in [0.5, 0.6) is 0 Å². The Hall–Kier alpha value is -1.41. The van der Waals surface area contributed by atoms with Crippen LogP contribution in [0.2, 0.25) is 0 Å². The number of aliphatic hydroxyl groups excluding tert-OH is 1. The van der Waals surface area contributed by atoms with Gasteiger partial charge >= 0.3 is 0 Å². The van der Waals surface area contributed by atoms with Crippen LogP contribution in [0.1, 0.15) is 12.0 Å². The van der Waals surface area contributed by atoms with E-state index in [1.165, 1.54) is 0 Å². The SMILES string of the molecule is OCC1=NC(c2ccccc2)=CC1. The largest absolute Gasteiger partial charge is 0.390 e. The Morgan fingerprint density at radius 1 is 1.23 bits per heavy atom. The summed E-state index contributed by atoms with van der Waals surface area (Å²) in [7, 11) is 0. The first-order chi connectivity index (χ1) is 6.40. The molecule has 0 saturated heterocycles. The highest BCUT2D eigenvalue weighted by Gasteiger charge is 2.08. The lowest BCUT2D eigenvalue weighted by Crippen LogP contribution is -1.98. The van der Waals surface area contributed by atoms with Crippen LogP contribution in [0, 0.1) is 0 Å². The second kappa shape index (κ2) is 3.54. The van der Waals surface area contributed by atoms with Crippen LogP contribution in [0.15, 0.2) is 41.4 Å². The number of benzene rings is 1. The predicted octanol–water partition coefficient (Wildman–Crippen LogP) is 1.86. The van der Waals surface area contributed by atoms with Crippen LogP contribution in [0.25, 0.3) is 5.70 Å². The average molecular weight is 173 g/mol. The van der Waals surface area contributed by atoms with Crippen LogP contribution in [0.3, 0.4) is 0 Å². The Balaban J connectivity index is 2.25. The molecule has 0 bridgehead atoms. The zero-order valence-electron chi connectivity index (χ0n) is 7.27. The summed E-state index contributed by atoms with van der Waals surface area (Å²) in [5.74, 6) is 0. The van der Waals surface area contributed by atoms with Gasteiger partial charge in [-0.25, -0.2) is 0 Å². The molecule has 1 aliphatic rings. The molecule has 1 heterocycles. The van der Waals surface area contributed by atoms with Gasteiger partial charge in [-0.15, -0.1) is 0 Å². The van der Waals surface area contributed by atoms with Crippen molar-refractivity contribution in [2.45, 2.75) is 6.42 Å². The zero-order chi connectivity index (χ0) is 9.10. The summed E-state index contributed by atoms with van der Waals surface area (Å²) >= 11 is 0. The minimum absolute atomic E-state index is 0.0623. The standard InChI is InChI=1S/C11H11NO/c13-8-10-6-7-11(12-10)9-4-2-1-3-5-9/h1-5,7,13H,6,8H2. The molecule has 0 unspecified atom stereocenters. The molecule has 0 aliphatic carbocycles. The molecular formula is C11H11NO. The molecule has 2 rings (SSSR count).